The highest BCUT2D eigenvalue weighted by atomic mass is 31.2. The van der Waals surface area contributed by atoms with Crippen LogP contribution in [0.1, 0.15) is 72.1 Å². The lowest BCUT2D eigenvalue weighted by molar-refractivity contribution is -0.127. The summed E-state index contributed by atoms with van der Waals surface area (Å²) in [6.07, 6.45) is 9.83. The van der Waals surface area contributed by atoms with E-state index >= 15 is 0 Å². The Hall–Kier alpha value is -0.480. The van der Waals surface area contributed by atoms with Gasteiger partial charge in [0, 0.05) is 5.92 Å². The van der Waals surface area contributed by atoms with Crippen molar-refractivity contribution < 1.29 is 23.7 Å². The van der Waals surface area contributed by atoms with Gasteiger partial charge in [-0.25, -0.2) is 4.57 Å². The van der Waals surface area contributed by atoms with Crippen molar-refractivity contribution in [1.29, 1.82) is 0 Å². The molecule has 5 nitrogen and oxygen atoms in total. The minimum atomic E-state index is -4.43. The molecule has 0 aliphatic heterocycles. The fraction of sp³-hybridized carbons (Fsp3) is 0.857. The van der Waals surface area contributed by atoms with Gasteiger partial charge in [-0.2, -0.15) is 0 Å². The first-order valence-corrected chi connectivity index (χ1v) is 12.0. The predicted octanol–water partition coefficient (Wildman–Crippen LogP) is 4.63. The molecule has 4 aliphatic carbocycles. The van der Waals surface area contributed by atoms with Crippen LogP contribution in [0.3, 0.4) is 0 Å². The fourth-order valence-corrected chi connectivity index (χ4v) is 8.15. The molecule has 6 heteroatoms. The summed E-state index contributed by atoms with van der Waals surface area (Å²) in [5, 5.41) is 0. The lowest BCUT2D eigenvalue weighted by atomic mass is 9.47. The summed E-state index contributed by atoms with van der Waals surface area (Å²) < 4.78 is 16.3. The molecule has 3 saturated carbocycles. The van der Waals surface area contributed by atoms with Crippen LogP contribution in [0, 0.1) is 34.5 Å². The van der Waals surface area contributed by atoms with Gasteiger partial charge >= 0.3 is 7.82 Å². The number of hydrogen-bond acceptors (Lipinski definition) is 3. The number of allylic oxidation sites excluding steroid dienone is 1. The molecular formula is C21H33O5P. The minimum absolute atomic E-state index is 0.118. The number of phosphoric acid groups is 1. The lowest BCUT2D eigenvalue weighted by Crippen LogP contribution is -2.51. The number of carbonyl (C=O) groups is 1. The summed E-state index contributed by atoms with van der Waals surface area (Å²) in [7, 11) is -4.43. The minimum Gasteiger partial charge on any atom is -0.303 e. The molecule has 0 saturated heterocycles. The smallest absolute Gasteiger partial charge is 0.303 e. The van der Waals surface area contributed by atoms with Crippen LogP contribution in [0.15, 0.2) is 11.6 Å². The molecule has 4 aliphatic rings. The summed E-state index contributed by atoms with van der Waals surface area (Å²) in [6.45, 7) is 6.50. The lowest BCUT2D eigenvalue weighted by Gasteiger charge is -2.58. The van der Waals surface area contributed by atoms with Crippen LogP contribution in [0.2, 0.25) is 0 Å². The fourth-order valence-electron chi connectivity index (χ4n) is 7.58. The molecule has 4 rings (SSSR count). The van der Waals surface area contributed by atoms with E-state index in [2.05, 4.69) is 19.9 Å². The van der Waals surface area contributed by atoms with Crippen LogP contribution >= 0.6 is 7.82 Å². The zero-order valence-corrected chi connectivity index (χ0v) is 17.6. The maximum atomic E-state index is 12.2. The summed E-state index contributed by atoms with van der Waals surface area (Å²) >= 11 is 0. The molecule has 0 amide bonds. The molecule has 3 fully saturated rings. The first-order chi connectivity index (χ1) is 12.5. The van der Waals surface area contributed by atoms with Crippen molar-refractivity contribution in [2.24, 2.45) is 34.5 Å². The Morgan fingerprint density at radius 3 is 2.56 bits per heavy atom. The van der Waals surface area contributed by atoms with Gasteiger partial charge in [-0.1, -0.05) is 25.5 Å². The largest absolute Gasteiger partial charge is 0.469 e. The van der Waals surface area contributed by atoms with E-state index in [9.17, 15) is 9.36 Å². The van der Waals surface area contributed by atoms with Gasteiger partial charge in [0.25, 0.3) is 0 Å². The van der Waals surface area contributed by atoms with E-state index < -0.39 is 7.82 Å². The topological polar surface area (TPSA) is 83.8 Å². The third-order valence-corrected chi connectivity index (χ3v) is 9.41. The molecule has 152 valence electrons. The Bertz CT molecular complexity index is 711. The van der Waals surface area contributed by atoms with Gasteiger partial charge in [-0.05, 0) is 86.9 Å². The molecule has 0 bridgehead atoms. The Kier molecular flexibility index (Phi) is 4.78. The van der Waals surface area contributed by atoms with Crippen molar-refractivity contribution in [2.75, 3.05) is 0 Å². The number of ketones is 1. The Labute approximate surface area is 162 Å². The Morgan fingerprint density at radius 2 is 1.89 bits per heavy atom. The first-order valence-electron chi connectivity index (χ1n) is 10.5. The highest BCUT2D eigenvalue weighted by Gasteiger charge is 2.59. The highest BCUT2D eigenvalue weighted by molar-refractivity contribution is 7.46. The van der Waals surface area contributed by atoms with E-state index in [1.807, 2.05) is 0 Å². The molecule has 0 aromatic carbocycles. The first kappa shape index (κ1) is 19.8. The molecule has 0 aromatic heterocycles. The van der Waals surface area contributed by atoms with Gasteiger partial charge < -0.3 is 9.79 Å². The molecule has 0 heterocycles. The van der Waals surface area contributed by atoms with Crippen LogP contribution in [-0.2, 0) is 13.9 Å². The third kappa shape index (κ3) is 3.19. The Morgan fingerprint density at radius 1 is 1.15 bits per heavy atom. The average molecular weight is 396 g/mol. The summed E-state index contributed by atoms with van der Waals surface area (Å²) in [5.74, 6) is 2.49. The molecule has 0 radical (unpaired) electrons. The zero-order chi connectivity index (χ0) is 19.6. The number of fused-ring (bicyclic) bond motifs is 5. The number of phosphoric ester groups is 1. The van der Waals surface area contributed by atoms with E-state index in [1.165, 1.54) is 18.4 Å². The van der Waals surface area contributed by atoms with Gasteiger partial charge in [0.15, 0.2) is 0 Å². The normalized spacial score (nSPS) is 46.9. The van der Waals surface area contributed by atoms with E-state index in [0.29, 0.717) is 36.4 Å². The molecule has 2 N–H and O–H groups in total. The predicted molar refractivity (Wildman–Crippen MR) is 103 cm³/mol. The van der Waals surface area contributed by atoms with Crippen molar-refractivity contribution in [3.05, 3.63) is 11.6 Å². The number of rotatable bonds is 3. The monoisotopic (exact) mass is 396 g/mol. The van der Waals surface area contributed by atoms with Gasteiger partial charge in [-0.3, -0.25) is 9.32 Å². The van der Waals surface area contributed by atoms with E-state index in [1.54, 1.807) is 6.92 Å². The molecule has 7 atom stereocenters. The number of Topliss-reactive ketones (excluding diaryl/α,β-unsaturated/α-hetero) is 1. The highest BCUT2D eigenvalue weighted by Crippen LogP contribution is 2.66. The third-order valence-electron chi connectivity index (χ3n) is 8.84. The van der Waals surface area contributed by atoms with E-state index in [0.717, 1.165) is 25.7 Å². The summed E-state index contributed by atoms with van der Waals surface area (Å²) in [6, 6.07) is 0. The Balaban J connectivity index is 1.57. The summed E-state index contributed by atoms with van der Waals surface area (Å²) in [5.41, 5.74) is 1.63. The SMILES string of the molecule is CC(=O)[C@H]1CC[C@H]2[C@@H]3CC=C4CC(OP(=O)(O)O)CC[C@]4(C)[C@H]3CC[C@]12C. The molecular weight excluding hydrogens is 363 g/mol. The molecule has 0 aromatic rings. The second-order valence-corrected chi connectivity index (χ2v) is 11.2. The van der Waals surface area contributed by atoms with Gasteiger partial charge in [0.1, 0.15) is 5.78 Å². The van der Waals surface area contributed by atoms with Crippen molar-refractivity contribution >= 4 is 13.6 Å². The van der Waals surface area contributed by atoms with Crippen LogP contribution < -0.4 is 0 Å². The molecule has 1 unspecified atom stereocenters. The molecule has 0 spiro atoms. The standard InChI is InChI=1S/C21H33O5P/c1-13(22)17-6-7-18-16-5-4-14-12-15(26-27(23,24)25)8-10-20(14,2)19(16)9-11-21(17,18)3/h4,15-19H,5-12H2,1-3H3,(H2,23,24,25)/t15?,16-,17+,18-,19-,20-,21+/m0/s1. The van der Waals surface area contributed by atoms with Gasteiger partial charge in [-0.15, -0.1) is 0 Å². The van der Waals surface area contributed by atoms with Gasteiger partial charge in [0.05, 0.1) is 6.10 Å². The average Bonchev–Trinajstić information content (AvgIpc) is 2.91. The van der Waals surface area contributed by atoms with Crippen LogP contribution in [0.5, 0.6) is 0 Å². The van der Waals surface area contributed by atoms with E-state index in [-0.39, 0.29) is 22.9 Å². The van der Waals surface area contributed by atoms with Crippen molar-refractivity contribution in [1.82, 2.24) is 0 Å². The second kappa shape index (κ2) is 6.52. The maximum Gasteiger partial charge on any atom is 0.469 e. The quantitative estimate of drug-likeness (QED) is 0.537. The maximum absolute atomic E-state index is 12.2. The second-order valence-electron chi connectivity index (χ2n) is 10.0. The molecule has 27 heavy (non-hydrogen) atoms. The number of carbonyl (C=O) groups excluding carboxylic acids is 1. The number of hydrogen-bond donors (Lipinski definition) is 2. The van der Waals surface area contributed by atoms with Crippen LogP contribution in [-0.4, -0.2) is 21.7 Å². The summed E-state index contributed by atoms with van der Waals surface area (Å²) in [4.78, 5) is 30.5. The van der Waals surface area contributed by atoms with Crippen molar-refractivity contribution in [3.63, 3.8) is 0 Å². The van der Waals surface area contributed by atoms with Crippen molar-refractivity contribution in [3.8, 4) is 0 Å². The van der Waals surface area contributed by atoms with Crippen molar-refractivity contribution in [2.45, 2.75) is 78.2 Å². The van der Waals surface area contributed by atoms with Crippen LogP contribution in [0.25, 0.3) is 0 Å². The van der Waals surface area contributed by atoms with Crippen LogP contribution in [0.4, 0.5) is 0 Å². The van der Waals surface area contributed by atoms with Gasteiger partial charge in [0.2, 0.25) is 0 Å². The zero-order valence-electron chi connectivity index (χ0n) is 16.7. The van der Waals surface area contributed by atoms with E-state index in [4.69, 9.17) is 14.3 Å².